The molecule has 0 aromatic carbocycles. The van der Waals surface area contributed by atoms with Crippen LogP contribution in [-0.2, 0) is 0 Å². The molecule has 24 heavy (non-hydrogen) atoms. The molecular formula is C17H14N4OS2. The third-order valence-electron chi connectivity index (χ3n) is 4.25. The zero-order valence-electron chi connectivity index (χ0n) is 13.1. The molecule has 0 aliphatic carbocycles. The van der Waals surface area contributed by atoms with Crippen molar-refractivity contribution in [3.63, 3.8) is 0 Å². The van der Waals surface area contributed by atoms with Crippen LogP contribution in [0.25, 0.3) is 11.3 Å². The Morgan fingerprint density at radius 1 is 1.42 bits per heavy atom. The highest BCUT2D eigenvalue weighted by atomic mass is 32.1. The first-order valence-electron chi connectivity index (χ1n) is 7.43. The van der Waals surface area contributed by atoms with Gasteiger partial charge < -0.3 is 4.74 Å². The van der Waals surface area contributed by atoms with E-state index in [-0.39, 0.29) is 11.8 Å². The van der Waals surface area contributed by atoms with E-state index >= 15 is 0 Å². The van der Waals surface area contributed by atoms with E-state index in [9.17, 15) is 5.26 Å². The fourth-order valence-corrected chi connectivity index (χ4v) is 4.84. The molecule has 0 saturated carbocycles. The molecule has 4 rings (SSSR count). The van der Waals surface area contributed by atoms with Gasteiger partial charge >= 0.3 is 0 Å². The SMILES string of the molecule is Cc1cc(-c2[nH]nc3c2C(c2ccsc2)C(C#N)C(=N)O3)c(C)s1. The molecule has 0 saturated heterocycles. The fraction of sp³-hybridized carbons (Fsp3) is 0.235. The van der Waals surface area contributed by atoms with E-state index in [4.69, 9.17) is 10.1 Å². The fourth-order valence-electron chi connectivity index (χ4n) is 3.21. The zero-order valence-corrected chi connectivity index (χ0v) is 14.7. The monoisotopic (exact) mass is 354 g/mol. The Morgan fingerprint density at radius 2 is 2.25 bits per heavy atom. The van der Waals surface area contributed by atoms with Crippen molar-refractivity contribution in [1.29, 1.82) is 10.7 Å². The lowest BCUT2D eigenvalue weighted by atomic mass is 9.80. The largest absolute Gasteiger partial charge is 0.422 e. The predicted octanol–water partition coefficient (Wildman–Crippen LogP) is 4.46. The Balaban J connectivity index is 1.96. The van der Waals surface area contributed by atoms with Gasteiger partial charge in [0.15, 0.2) is 0 Å². The highest BCUT2D eigenvalue weighted by Gasteiger charge is 2.41. The van der Waals surface area contributed by atoms with Gasteiger partial charge in [0.1, 0.15) is 5.92 Å². The van der Waals surface area contributed by atoms with Gasteiger partial charge in [0.05, 0.1) is 17.3 Å². The summed E-state index contributed by atoms with van der Waals surface area (Å²) < 4.78 is 5.54. The second-order valence-corrected chi connectivity index (χ2v) is 7.99. The Kier molecular flexibility index (Phi) is 3.52. The Bertz CT molecular complexity index is 962. The van der Waals surface area contributed by atoms with E-state index in [1.165, 1.54) is 9.75 Å². The van der Waals surface area contributed by atoms with Crippen molar-refractivity contribution in [2.24, 2.45) is 5.92 Å². The van der Waals surface area contributed by atoms with Gasteiger partial charge in [-0.3, -0.25) is 10.5 Å². The number of aromatic amines is 1. The average Bonchev–Trinajstić information content (AvgIpc) is 3.26. The Labute approximate surface area is 147 Å². The maximum Gasteiger partial charge on any atom is 0.244 e. The zero-order chi connectivity index (χ0) is 16.8. The molecule has 120 valence electrons. The van der Waals surface area contributed by atoms with Crippen LogP contribution >= 0.6 is 22.7 Å². The summed E-state index contributed by atoms with van der Waals surface area (Å²) in [6, 6.07) is 6.37. The molecule has 0 radical (unpaired) electrons. The lowest BCUT2D eigenvalue weighted by Gasteiger charge is -2.27. The molecule has 5 nitrogen and oxygen atoms in total. The molecule has 3 aromatic rings. The smallest absolute Gasteiger partial charge is 0.244 e. The number of ether oxygens (including phenoxy) is 1. The summed E-state index contributed by atoms with van der Waals surface area (Å²) in [6.45, 7) is 4.15. The van der Waals surface area contributed by atoms with Gasteiger partial charge in [0, 0.05) is 21.2 Å². The van der Waals surface area contributed by atoms with Gasteiger partial charge in [-0.25, -0.2) is 0 Å². The normalized spacial score (nSPS) is 19.6. The number of hydrogen-bond donors (Lipinski definition) is 2. The second kappa shape index (κ2) is 5.58. The number of nitrogens with zero attached hydrogens (tertiary/aromatic N) is 2. The summed E-state index contributed by atoms with van der Waals surface area (Å²) in [5.41, 5.74) is 3.86. The summed E-state index contributed by atoms with van der Waals surface area (Å²) in [5.74, 6) is -0.534. The first kappa shape index (κ1) is 15.1. The number of H-pyrrole nitrogens is 1. The van der Waals surface area contributed by atoms with Crippen LogP contribution in [-0.4, -0.2) is 16.1 Å². The molecule has 2 N–H and O–H groups in total. The summed E-state index contributed by atoms with van der Waals surface area (Å²) in [5, 5.41) is 29.1. The van der Waals surface area contributed by atoms with Crippen LogP contribution in [0.4, 0.5) is 0 Å². The minimum absolute atomic E-state index is 0.0440. The summed E-state index contributed by atoms with van der Waals surface area (Å²) >= 11 is 3.31. The van der Waals surface area contributed by atoms with Crippen molar-refractivity contribution in [3.05, 3.63) is 43.8 Å². The summed E-state index contributed by atoms with van der Waals surface area (Å²) in [7, 11) is 0. The minimum Gasteiger partial charge on any atom is -0.422 e. The molecule has 0 bridgehead atoms. The van der Waals surface area contributed by atoms with Crippen molar-refractivity contribution >= 4 is 28.6 Å². The molecule has 3 aromatic heterocycles. The maximum atomic E-state index is 9.62. The number of nitrogens with one attached hydrogen (secondary N) is 2. The molecule has 0 fully saturated rings. The van der Waals surface area contributed by atoms with Crippen LogP contribution < -0.4 is 4.74 Å². The number of hydrogen-bond acceptors (Lipinski definition) is 6. The van der Waals surface area contributed by atoms with Crippen molar-refractivity contribution in [1.82, 2.24) is 10.2 Å². The topological polar surface area (TPSA) is 85.5 Å². The number of rotatable bonds is 2. The minimum atomic E-state index is -0.650. The van der Waals surface area contributed by atoms with E-state index in [1.54, 1.807) is 22.7 Å². The van der Waals surface area contributed by atoms with Crippen LogP contribution in [0.2, 0.25) is 0 Å². The number of aromatic nitrogens is 2. The molecule has 2 atom stereocenters. The summed E-state index contributed by atoms with van der Waals surface area (Å²) in [6.07, 6.45) is 0. The van der Waals surface area contributed by atoms with E-state index < -0.39 is 5.92 Å². The number of aryl methyl sites for hydroxylation is 2. The second-order valence-electron chi connectivity index (χ2n) is 5.75. The first-order valence-corrected chi connectivity index (χ1v) is 9.19. The Morgan fingerprint density at radius 3 is 2.88 bits per heavy atom. The molecule has 0 spiro atoms. The van der Waals surface area contributed by atoms with Crippen LogP contribution in [0, 0.1) is 36.5 Å². The van der Waals surface area contributed by atoms with Crippen LogP contribution in [0.5, 0.6) is 5.88 Å². The maximum absolute atomic E-state index is 9.62. The molecule has 4 heterocycles. The van der Waals surface area contributed by atoms with Gasteiger partial charge in [-0.05, 0) is 42.3 Å². The highest BCUT2D eigenvalue weighted by Crippen LogP contribution is 2.47. The first-order chi connectivity index (χ1) is 11.6. The van der Waals surface area contributed by atoms with E-state index in [0.717, 1.165) is 22.4 Å². The standard InChI is InChI=1S/C17H14N4OS2/c1-8-5-11(9(2)24-8)15-14-13(10-3-4-23-7-10)12(6-18)16(19)22-17(14)21-20-15/h3-5,7,12-13,19H,1-2H3,(H,20,21). The third kappa shape index (κ3) is 2.19. The molecule has 1 aliphatic rings. The average molecular weight is 354 g/mol. The molecule has 0 amide bonds. The van der Waals surface area contributed by atoms with E-state index in [0.29, 0.717) is 5.88 Å². The lowest BCUT2D eigenvalue weighted by molar-refractivity contribution is 0.437. The van der Waals surface area contributed by atoms with Crippen molar-refractivity contribution in [2.45, 2.75) is 19.8 Å². The lowest BCUT2D eigenvalue weighted by Crippen LogP contribution is -2.30. The number of thiophene rings is 2. The van der Waals surface area contributed by atoms with Crippen molar-refractivity contribution in [3.8, 4) is 23.2 Å². The number of nitriles is 1. The molecule has 1 aliphatic heterocycles. The quantitative estimate of drug-likeness (QED) is 0.712. The molecule has 7 heteroatoms. The molecule has 2 unspecified atom stereocenters. The summed E-state index contributed by atoms with van der Waals surface area (Å²) in [4.78, 5) is 2.41. The van der Waals surface area contributed by atoms with Gasteiger partial charge in [0.2, 0.25) is 11.8 Å². The van der Waals surface area contributed by atoms with E-state index in [1.807, 2.05) is 16.8 Å². The van der Waals surface area contributed by atoms with Crippen LogP contribution in [0.1, 0.15) is 26.8 Å². The third-order valence-corrected chi connectivity index (χ3v) is 5.92. The molecular weight excluding hydrogens is 340 g/mol. The van der Waals surface area contributed by atoms with Crippen LogP contribution in [0.15, 0.2) is 22.9 Å². The number of fused-ring (bicyclic) bond motifs is 1. The predicted molar refractivity (Wildman–Crippen MR) is 95.0 cm³/mol. The van der Waals surface area contributed by atoms with Gasteiger partial charge in [-0.2, -0.15) is 16.6 Å². The van der Waals surface area contributed by atoms with E-state index in [2.05, 4.69) is 36.2 Å². The van der Waals surface area contributed by atoms with Gasteiger partial charge in [-0.1, -0.05) is 0 Å². The van der Waals surface area contributed by atoms with Crippen molar-refractivity contribution < 1.29 is 4.74 Å². The highest BCUT2D eigenvalue weighted by molar-refractivity contribution is 7.12. The van der Waals surface area contributed by atoms with Crippen LogP contribution in [0.3, 0.4) is 0 Å². The van der Waals surface area contributed by atoms with Gasteiger partial charge in [-0.15, -0.1) is 16.4 Å². The van der Waals surface area contributed by atoms with Crippen molar-refractivity contribution in [2.75, 3.05) is 0 Å². The van der Waals surface area contributed by atoms with Gasteiger partial charge in [0.25, 0.3) is 0 Å². The Hall–Kier alpha value is -2.43.